The lowest BCUT2D eigenvalue weighted by molar-refractivity contribution is -0.113. The van der Waals surface area contributed by atoms with E-state index < -0.39 is 0 Å². The fourth-order valence-electron chi connectivity index (χ4n) is 3.20. The molecule has 0 aliphatic carbocycles. The van der Waals surface area contributed by atoms with Crippen molar-refractivity contribution in [2.45, 2.75) is 11.8 Å². The summed E-state index contributed by atoms with van der Waals surface area (Å²) >= 11 is 16.9. The first-order chi connectivity index (χ1) is 15.3. The van der Waals surface area contributed by atoms with E-state index in [1.165, 1.54) is 11.8 Å². The molecule has 3 aromatic carbocycles. The highest BCUT2D eigenvalue weighted by Gasteiger charge is 2.12. The van der Waals surface area contributed by atoms with Gasteiger partial charge in [-0.1, -0.05) is 29.3 Å². The quantitative estimate of drug-likeness (QED) is 0.289. The number of carbonyl (C=O) groups excluding carboxylic acids is 1. The minimum absolute atomic E-state index is 0.134. The molecule has 32 heavy (non-hydrogen) atoms. The Hall–Kier alpha value is -2.32. The van der Waals surface area contributed by atoms with E-state index in [9.17, 15) is 9.59 Å². The maximum absolute atomic E-state index is 13.0. The summed E-state index contributed by atoms with van der Waals surface area (Å²) in [6.45, 7) is 1.77. The van der Waals surface area contributed by atoms with Gasteiger partial charge in [-0.05, 0) is 77.5 Å². The van der Waals surface area contributed by atoms with Crippen LogP contribution >= 0.6 is 50.9 Å². The molecule has 5 nitrogen and oxygen atoms in total. The molecule has 0 spiro atoms. The van der Waals surface area contributed by atoms with Gasteiger partial charge in [-0.2, -0.15) is 0 Å². The maximum atomic E-state index is 13.0. The van der Waals surface area contributed by atoms with Gasteiger partial charge in [0.15, 0.2) is 0 Å². The molecule has 0 radical (unpaired) electrons. The summed E-state index contributed by atoms with van der Waals surface area (Å²) in [4.78, 5) is 30.7. The molecule has 0 atom stereocenters. The summed E-state index contributed by atoms with van der Waals surface area (Å²) in [5.41, 5.74) is 1.68. The number of para-hydroxylation sites is 1. The van der Waals surface area contributed by atoms with Crippen LogP contribution in [-0.2, 0) is 4.79 Å². The highest BCUT2D eigenvalue weighted by atomic mass is 79.9. The Bertz CT molecular complexity index is 1390. The lowest BCUT2D eigenvalue weighted by Gasteiger charge is -2.12. The molecule has 9 heteroatoms. The van der Waals surface area contributed by atoms with Crippen molar-refractivity contribution < 1.29 is 4.79 Å². The highest BCUT2D eigenvalue weighted by molar-refractivity contribution is 9.10. The third kappa shape index (κ3) is 4.86. The molecule has 0 fully saturated rings. The van der Waals surface area contributed by atoms with Gasteiger partial charge in [0.25, 0.3) is 5.56 Å². The highest BCUT2D eigenvalue weighted by Crippen LogP contribution is 2.27. The van der Waals surface area contributed by atoms with Crippen LogP contribution < -0.4 is 10.9 Å². The number of rotatable bonds is 5. The second-order valence-corrected chi connectivity index (χ2v) is 9.64. The van der Waals surface area contributed by atoms with Crippen molar-refractivity contribution >= 4 is 73.4 Å². The van der Waals surface area contributed by atoms with Gasteiger partial charge in [-0.3, -0.25) is 14.2 Å². The molecule has 1 heterocycles. The number of fused-ring (bicyclic) bond motifs is 1. The number of nitrogens with one attached hydrogen (secondary N) is 1. The number of benzene rings is 3. The second-order valence-electron chi connectivity index (χ2n) is 6.89. The van der Waals surface area contributed by atoms with Crippen LogP contribution in [0.3, 0.4) is 0 Å². The van der Waals surface area contributed by atoms with Crippen molar-refractivity contribution in [1.29, 1.82) is 0 Å². The Morgan fingerprint density at radius 1 is 1.12 bits per heavy atom. The van der Waals surface area contributed by atoms with Gasteiger partial charge >= 0.3 is 0 Å². The number of amides is 1. The largest absolute Gasteiger partial charge is 0.324 e. The van der Waals surface area contributed by atoms with Gasteiger partial charge in [0, 0.05) is 14.4 Å². The van der Waals surface area contributed by atoms with Crippen LogP contribution in [0.4, 0.5) is 5.69 Å². The minimum Gasteiger partial charge on any atom is -0.324 e. The molecule has 0 saturated heterocycles. The number of carbonyl (C=O) groups is 1. The fraction of sp³-hybridized carbons (Fsp3) is 0.0870. The molecule has 0 saturated carbocycles. The third-order valence-corrected chi connectivity index (χ3v) is 6.90. The number of thioether (sulfide) groups is 1. The fourth-order valence-corrected chi connectivity index (χ4v) is 4.90. The first kappa shape index (κ1) is 22.9. The van der Waals surface area contributed by atoms with E-state index in [2.05, 4.69) is 26.2 Å². The molecule has 1 aromatic heterocycles. The van der Waals surface area contributed by atoms with Crippen molar-refractivity contribution in [3.8, 4) is 5.69 Å². The van der Waals surface area contributed by atoms with Gasteiger partial charge in [0.1, 0.15) is 5.82 Å². The Balaban J connectivity index is 1.49. The average molecular weight is 549 g/mol. The summed E-state index contributed by atoms with van der Waals surface area (Å²) in [6, 6.07) is 17.8. The molecule has 0 aliphatic heterocycles. The van der Waals surface area contributed by atoms with Crippen molar-refractivity contribution in [2.24, 2.45) is 0 Å². The SMILES string of the molecule is Cc1nc2c(Cl)cccc2c(=O)n1-c1ccc(SCC(=O)Nc2ccc(Cl)cc2Br)cc1. The number of hydrogen-bond acceptors (Lipinski definition) is 4. The molecular weight excluding hydrogens is 533 g/mol. The van der Waals surface area contributed by atoms with Gasteiger partial charge in [-0.15, -0.1) is 11.8 Å². The first-order valence-corrected chi connectivity index (χ1v) is 12.0. The molecular formula is C23H16BrCl2N3O2S. The number of nitrogens with zero attached hydrogens (tertiary/aromatic N) is 2. The van der Waals surface area contributed by atoms with Crippen LogP contribution in [0.1, 0.15) is 5.82 Å². The van der Waals surface area contributed by atoms with Crippen molar-refractivity contribution in [2.75, 3.05) is 11.1 Å². The predicted molar refractivity (Wildman–Crippen MR) is 136 cm³/mol. The van der Waals surface area contributed by atoms with Crippen molar-refractivity contribution in [3.63, 3.8) is 0 Å². The monoisotopic (exact) mass is 547 g/mol. The Kier molecular flexibility index (Phi) is 6.90. The molecule has 1 amide bonds. The number of aryl methyl sites for hydroxylation is 1. The Morgan fingerprint density at radius 3 is 2.59 bits per heavy atom. The van der Waals surface area contributed by atoms with E-state index in [1.54, 1.807) is 47.9 Å². The van der Waals surface area contributed by atoms with Crippen LogP contribution in [0.2, 0.25) is 10.0 Å². The van der Waals surface area contributed by atoms with Gasteiger partial charge in [0.2, 0.25) is 5.91 Å². The smallest absolute Gasteiger partial charge is 0.266 e. The molecule has 0 bridgehead atoms. The van der Waals surface area contributed by atoms with Crippen LogP contribution in [0, 0.1) is 6.92 Å². The molecule has 4 aromatic rings. The Morgan fingerprint density at radius 2 is 1.88 bits per heavy atom. The predicted octanol–water partition coefficient (Wildman–Crippen LogP) is 6.49. The van der Waals surface area contributed by atoms with Crippen LogP contribution in [0.25, 0.3) is 16.6 Å². The van der Waals surface area contributed by atoms with E-state index in [0.717, 1.165) is 9.37 Å². The lowest BCUT2D eigenvalue weighted by atomic mass is 10.2. The summed E-state index contributed by atoms with van der Waals surface area (Å²) in [6.07, 6.45) is 0. The molecule has 1 N–H and O–H groups in total. The zero-order valence-electron chi connectivity index (χ0n) is 16.7. The van der Waals surface area contributed by atoms with Crippen LogP contribution in [-0.4, -0.2) is 21.2 Å². The molecule has 0 unspecified atom stereocenters. The van der Waals surface area contributed by atoms with E-state index in [-0.39, 0.29) is 17.2 Å². The van der Waals surface area contributed by atoms with Gasteiger partial charge < -0.3 is 5.32 Å². The summed E-state index contributed by atoms with van der Waals surface area (Å²) in [5, 5.41) is 4.35. The lowest BCUT2D eigenvalue weighted by Crippen LogP contribution is -2.22. The van der Waals surface area contributed by atoms with E-state index in [0.29, 0.717) is 38.1 Å². The van der Waals surface area contributed by atoms with Crippen LogP contribution in [0.5, 0.6) is 0 Å². The first-order valence-electron chi connectivity index (χ1n) is 9.49. The molecule has 4 rings (SSSR count). The number of anilines is 1. The van der Waals surface area contributed by atoms with E-state index in [1.807, 2.05) is 24.3 Å². The summed E-state index contributed by atoms with van der Waals surface area (Å²) < 4.78 is 2.27. The number of aromatic nitrogens is 2. The van der Waals surface area contributed by atoms with Gasteiger partial charge in [-0.25, -0.2) is 4.98 Å². The second kappa shape index (κ2) is 9.67. The topological polar surface area (TPSA) is 64.0 Å². The van der Waals surface area contributed by atoms with Crippen molar-refractivity contribution in [3.05, 3.63) is 91.4 Å². The zero-order chi connectivity index (χ0) is 22.8. The van der Waals surface area contributed by atoms with Crippen molar-refractivity contribution in [1.82, 2.24) is 9.55 Å². The zero-order valence-corrected chi connectivity index (χ0v) is 20.6. The number of hydrogen-bond donors (Lipinski definition) is 1. The van der Waals surface area contributed by atoms with E-state index in [4.69, 9.17) is 23.2 Å². The van der Waals surface area contributed by atoms with Gasteiger partial charge in [0.05, 0.1) is 33.1 Å². The number of halogens is 3. The maximum Gasteiger partial charge on any atom is 0.266 e. The van der Waals surface area contributed by atoms with E-state index >= 15 is 0 Å². The third-order valence-electron chi connectivity index (χ3n) is 4.69. The summed E-state index contributed by atoms with van der Waals surface area (Å²) in [7, 11) is 0. The van der Waals surface area contributed by atoms with Crippen LogP contribution in [0.15, 0.2) is 74.8 Å². The summed E-state index contributed by atoms with van der Waals surface area (Å²) in [5.74, 6) is 0.650. The average Bonchev–Trinajstić information content (AvgIpc) is 2.76. The molecule has 0 aliphatic rings. The minimum atomic E-state index is -0.177. The Labute approximate surface area is 206 Å². The molecule has 162 valence electrons. The standard InChI is InChI=1S/C23H16BrCl2N3O2S/c1-13-27-22-17(3-2-4-19(22)26)23(31)29(13)15-6-8-16(9-7-15)32-12-21(30)28-20-10-5-14(25)11-18(20)24/h2-11H,12H2,1H3,(H,28,30). The normalized spacial score (nSPS) is 11.0.